The van der Waals surface area contributed by atoms with Gasteiger partial charge in [0.2, 0.25) is 11.8 Å². The van der Waals surface area contributed by atoms with Gasteiger partial charge in [0, 0.05) is 31.8 Å². The zero-order valence-corrected chi connectivity index (χ0v) is 20.8. The Bertz CT molecular complexity index is 1100. The van der Waals surface area contributed by atoms with E-state index in [0.717, 1.165) is 24.5 Å². The van der Waals surface area contributed by atoms with E-state index >= 15 is 0 Å². The van der Waals surface area contributed by atoms with Crippen LogP contribution in [0.25, 0.3) is 0 Å². The number of ether oxygens (including phenoxy) is 3. The average Bonchev–Trinajstić information content (AvgIpc) is 3.49. The van der Waals surface area contributed by atoms with Crippen LogP contribution in [0.5, 0.6) is 11.5 Å². The number of anilines is 1. The molecule has 0 saturated carbocycles. The van der Waals surface area contributed by atoms with Gasteiger partial charge in [0.1, 0.15) is 6.54 Å². The number of methoxy groups -OCH3 is 1. The van der Waals surface area contributed by atoms with Crippen LogP contribution in [0, 0.1) is 17.6 Å². The number of hydrogen-bond acceptors (Lipinski definition) is 5. The van der Waals surface area contributed by atoms with Crippen molar-refractivity contribution in [1.29, 1.82) is 0 Å². The van der Waals surface area contributed by atoms with Crippen LogP contribution in [-0.4, -0.2) is 56.4 Å². The molecular formula is C27H32F2N2O5. The van der Waals surface area contributed by atoms with E-state index in [9.17, 15) is 18.4 Å². The van der Waals surface area contributed by atoms with Crippen molar-refractivity contribution in [2.45, 2.75) is 45.3 Å². The molecule has 2 amide bonds. The van der Waals surface area contributed by atoms with Crippen LogP contribution in [0.1, 0.15) is 44.6 Å². The van der Waals surface area contributed by atoms with Gasteiger partial charge >= 0.3 is 0 Å². The summed E-state index contributed by atoms with van der Waals surface area (Å²) in [5, 5.41) is 0. The molecule has 9 heteroatoms. The standard InChI is InChI=1S/C27H32F2N2O5/c1-17(2)14-31(21-7-4-6-20(28)27(21)29)25(33)16-30-15-19(13-24(30)32)18-9-10-22(34-3)23(12-18)36-26-8-5-11-35-26/h4,6-7,9-10,12,17,19,26H,5,8,11,13-16H2,1-3H3/t19-,26?/m1/s1. The Kier molecular flexibility index (Phi) is 8.08. The predicted molar refractivity (Wildman–Crippen MR) is 130 cm³/mol. The number of rotatable bonds is 9. The normalized spacial score (nSPS) is 19.7. The minimum Gasteiger partial charge on any atom is -0.493 e. The Balaban J connectivity index is 1.48. The molecule has 36 heavy (non-hydrogen) atoms. The molecule has 0 aliphatic carbocycles. The summed E-state index contributed by atoms with van der Waals surface area (Å²) in [6.45, 7) is 4.74. The molecular weight excluding hydrogens is 470 g/mol. The third kappa shape index (κ3) is 5.78. The fraction of sp³-hybridized carbons (Fsp3) is 0.481. The molecule has 2 aromatic rings. The first kappa shape index (κ1) is 25.9. The molecule has 0 spiro atoms. The highest BCUT2D eigenvalue weighted by atomic mass is 19.2. The van der Waals surface area contributed by atoms with E-state index in [2.05, 4.69) is 0 Å². The SMILES string of the molecule is COc1ccc([C@@H]2CC(=O)N(CC(=O)N(CC(C)C)c3cccc(F)c3F)C2)cc1OC1CCCO1. The molecule has 2 fully saturated rings. The highest BCUT2D eigenvalue weighted by Crippen LogP contribution is 2.36. The van der Waals surface area contributed by atoms with Gasteiger partial charge in [-0.3, -0.25) is 9.59 Å². The fourth-order valence-corrected chi connectivity index (χ4v) is 4.62. The smallest absolute Gasteiger partial charge is 0.246 e. The average molecular weight is 503 g/mol. The maximum Gasteiger partial charge on any atom is 0.246 e. The Morgan fingerprint density at radius 3 is 2.72 bits per heavy atom. The Morgan fingerprint density at radius 1 is 1.22 bits per heavy atom. The van der Waals surface area contributed by atoms with Gasteiger partial charge in [-0.2, -0.15) is 0 Å². The Labute approximate surface area is 209 Å². The predicted octanol–water partition coefficient (Wildman–Crippen LogP) is 4.49. The number of carbonyl (C=O) groups excluding carboxylic acids is 2. The number of likely N-dealkylation sites (tertiary alicyclic amines) is 1. The molecule has 194 valence electrons. The monoisotopic (exact) mass is 502 g/mol. The van der Waals surface area contributed by atoms with Crippen LogP contribution in [0.3, 0.4) is 0 Å². The van der Waals surface area contributed by atoms with Gasteiger partial charge in [-0.1, -0.05) is 26.0 Å². The van der Waals surface area contributed by atoms with Crippen LogP contribution in [0.15, 0.2) is 36.4 Å². The molecule has 2 saturated heterocycles. The summed E-state index contributed by atoms with van der Waals surface area (Å²) >= 11 is 0. The molecule has 2 heterocycles. The van der Waals surface area contributed by atoms with Gasteiger partial charge in [0.15, 0.2) is 29.4 Å². The molecule has 0 radical (unpaired) electrons. The molecule has 4 rings (SSSR count). The molecule has 2 aliphatic rings. The van der Waals surface area contributed by atoms with E-state index in [0.29, 0.717) is 24.7 Å². The first-order valence-corrected chi connectivity index (χ1v) is 12.2. The van der Waals surface area contributed by atoms with E-state index in [1.807, 2.05) is 26.0 Å². The van der Waals surface area contributed by atoms with Crippen molar-refractivity contribution in [1.82, 2.24) is 4.90 Å². The zero-order valence-electron chi connectivity index (χ0n) is 20.8. The number of nitrogens with zero attached hydrogens (tertiary/aromatic N) is 2. The van der Waals surface area contributed by atoms with Crippen molar-refractivity contribution in [3.8, 4) is 11.5 Å². The van der Waals surface area contributed by atoms with Gasteiger partial charge in [0.05, 0.1) is 19.4 Å². The summed E-state index contributed by atoms with van der Waals surface area (Å²) in [5.74, 6) is -1.73. The van der Waals surface area contributed by atoms with E-state index < -0.39 is 17.5 Å². The molecule has 2 aliphatic heterocycles. The maximum absolute atomic E-state index is 14.5. The zero-order chi connectivity index (χ0) is 25.8. The molecule has 0 bridgehead atoms. The van der Waals surface area contributed by atoms with Gasteiger partial charge < -0.3 is 24.0 Å². The lowest BCUT2D eigenvalue weighted by Gasteiger charge is -2.27. The second kappa shape index (κ2) is 11.2. The highest BCUT2D eigenvalue weighted by Gasteiger charge is 2.34. The van der Waals surface area contributed by atoms with Gasteiger partial charge in [-0.25, -0.2) is 8.78 Å². The second-order valence-electron chi connectivity index (χ2n) is 9.62. The topological polar surface area (TPSA) is 68.3 Å². The molecule has 0 N–H and O–H groups in total. The summed E-state index contributed by atoms with van der Waals surface area (Å²) in [4.78, 5) is 28.7. The summed E-state index contributed by atoms with van der Waals surface area (Å²) in [7, 11) is 1.56. The van der Waals surface area contributed by atoms with E-state index in [1.165, 1.54) is 21.9 Å². The summed E-state index contributed by atoms with van der Waals surface area (Å²) < 4.78 is 45.3. The molecule has 2 atom stereocenters. The van der Waals surface area contributed by atoms with Gasteiger partial charge in [-0.15, -0.1) is 0 Å². The van der Waals surface area contributed by atoms with Crippen LogP contribution >= 0.6 is 0 Å². The molecule has 0 aromatic heterocycles. The number of halogens is 2. The summed E-state index contributed by atoms with van der Waals surface area (Å²) in [6.07, 6.45) is 1.63. The number of hydrogen-bond donors (Lipinski definition) is 0. The largest absolute Gasteiger partial charge is 0.493 e. The number of amides is 2. The second-order valence-corrected chi connectivity index (χ2v) is 9.62. The first-order valence-electron chi connectivity index (χ1n) is 12.2. The van der Waals surface area contributed by atoms with Crippen molar-refractivity contribution in [3.05, 3.63) is 53.6 Å². The third-order valence-corrected chi connectivity index (χ3v) is 6.42. The number of carbonyl (C=O) groups is 2. The quantitative estimate of drug-likeness (QED) is 0.505. The maximum atomic E-state index is 14.5. The van der Waals surface area contributed by atoms with Crippen molar-refractivity contribution < 1.29 is 32.6 Å². The van der Waals surface area contributed by atoms with Gasteiger partial charge in [0.25, 0.3) is 0 Å². The van der Waals surface area contributed by atoms with E-state index in [4.69, 9.17) is 14.2 Å². The summed E-state index contributed by atoms with van der Waals surface area (Å²) in [5.41, 5.74) is 0.769. The van der Waals surface area contributed by atoms with Crippen molar-refractivity contribution >= 4 is 17.5 Å². The first-order chi connectivity index (χ1) is 17.3. The van der Waals surface area contributed by atoms with E-state index in [-0.39, 0.29) is 49.2 Å². The Morgan fingerprint density at radius 2 is 2.03 bits per heavy atom. The lowest BCUT2D eigenvalue weighted by molar-refractivity contribution is -0.132. The molecule has 1 unspecified atom stereocenters. The number of benzene rings is 2. The van der Waals surface area contributed by atoms with E-state index in [1.54, 1.807) is 13.2 Å². The minimum atomic E-state index is -1.07. The lowest BCUT2D eigenvalue weighted by atomic mass is 9.98. The Hall–Kier alpha value is -3.20. The van der Waals surface area contributed by atoms with Crippen LogP contribution in [-0.2, 0) is 14.3 Å². The van der Waals surface area contributed by atoms with Gasteiger partial charge in [-0.05, 0) is 42.2 Å². The van der Waals surface area contributed by atoms with Crippen molar-refractivity contribution in [2.24, 2.45) is 5.92 Å². The summed E-state index contributed by atoms with van der Waals surface area (Å²) in [6, 6.07) is 9.30. The third-order valence-electron chi connectivity index (χ3n) is 6.42. The molecule has 2 aromatic carbocycles. The minimum absolute atomic E-state index is 0.0141. The van der Waals surface area contributed by atoms with Crippen LogP contribution in [0.2, 0.25) is 0 Å². The molecule has 7 nitrogen and oxygen atoms in total. The van der Waals surface area contributed by atoms with Crippen molar-refractivity contribution in [2.75, 3.05) is 38.3 Å². The lowest BCUT2D eigenvalue weighted by Crippen LogP contribution is -2.43. The van der Waals surface area contributed by atoms with Crippen LogP contribution in [0.4, 0.5) is 14.5 Å². The van der Waals surface area contributed by atoms with Crippen molar-refractivity contribution in [3.63, 3.8) is 0 Å². The van der Waals surface area contributed by atoms with Crippen LogP contribution < -0.4 is 14.4 Å². The fourth-order valence-electron chi connectivity index (χ4n) is 4.62. The highest BCUT2D eigenvalue weighted by molar-refractivity contribution is 5.97.